The quantitative estimate of drug-likeness (QED) is 0.741. The molecule has 0 fully saturated rings. The number of rotatable bonds is 2. The largest absolute Gasteiger partial charge is 0.459 e. The molecule has 84 valence electrons. The van der Waals surface area contributed by atoms with Crippen molar-refractivity contribution in [3.63, 3.8) is 0 Å². The molecular formula is C11H15ClO2S. The molecule has 1 rings (SSSR count). The molecule has 0 saturated heterocycles. The molecule has 4 heteroatoms. The van der Waals surface area contributed by atoms with Gasteiger partial charge in [0, 0.05) is 4.88 Å². The number of carbonyl (C=O) groups excluding carboxylic acids is 1. The predicted octanol–water partition coefficient (Wildman–Crippen LogP) is 3.85. The fourth-order valence-electron chi connectivity index (χ4n) is 1.11. The molecule has 0 N–H and O–H groups in total. The van der Waals surface area contributed by atoms with Crippen LogP contribution in [0.1, 0.15) is 38.5 Å². The summed E-state index contributed by atoms with van der Waals surface area (Å²) >= 11 is 7.43. The number of ether oxygens (including phenoxy) is 1. The summed E-state index contributed by atoms with van der Waals surface area (Å²) in [5, 5.41) is 2.51. The van der Waals surface area contributed by atoms with E-state index in [4.69, 9.17) is 16.3 Å². The third-order valence-electron chi connectivity index (χ3n) is 1.80. The first-order chi connectivity index (χ1) is 6.81. The lowest BCUT2D eigenvalue weighted by Crippen LogP contribution is -2.26. The molecule has 2 nitrogen and oxygen atoms in total. The Morgan fingerprint density at radius 1 is 1.53 bits per heavy atom. The molecule has 0 aromatic carbocycles. The first-order valence-electron chi connectivity index (χ1n) is 4.77. The highest BCUT2D eigenvalue weighted by Gasteiger charge is 2.25. The van der Waals surface area contributed by atoms with Crippen LogP contribution in [-0.2, 0) is 9.53 Å². The van der Waals surface area contributed by atoms with Gasteiger partial charge in [-0.3, -0.25) is 4.79 Å². The van der Waals surface area contributed by atoms with Crippen molar-refractivity contribution in [2.24, 2.45) is 0 Å². The van der Waals surface area contributed by atoms with Gasteiger partial charge in [-0.15, -0.1) is 11.3 Å². The van der Waals surface area contributed by atoms with E-state index in [1.54, 1.807) is 6.07 Å². The highest BCUT2D eigenvalue weighted by molar-refractivity contribution is 7.10. The second kappa shape index (κ2) is 4.54. The van der Waals surface area contributed by atoms with Gasteiger partial charge < -0.3 is 4.74 Å². The molecule has 1 aromatic heterocycles. The van der Waals surface area contributed by atoms with Gasteiger partial charge in [-0.1, -0.05) is 11.6 Å². The van der Waals surface area contributed by atoms with Crippen LogP contribution < -0.4 is 0 Å². The van der Waals surface area contributed by atoms with Crippen LogP contribution >= 0.6 is 22.9 Å². The highest BCUT2D eigenvalue weighted by atomic mass is 35.5. The van der Waals surface area contributed by atoms with E-state index >= 15 is 0 Å². The lowest BCUT2D eigenvalue weighted by Gasteiger charge is -2.21. The van der Waals surface area contributed by atoms with Crippen molar-refractivity contribution in [2.75, 3.05) is 0 Å². The minimum atomic E-state index is -0.449. The van der Waals surface area contributed by atoms with Gasteiger partial charge >= 0.3 is 5.97 Å². The van der Waals surface area contributed by atoms with Crippen LogP contribution in [-0.4, -0.2) is 11.6 Å². The van der Waals surface area contributed by atoms with Crippen LogP contribution in [0.25, 0.3) is 0 Å². The molecule has 0 bridgehead atoms. The average Bonchev–Trinajstić information content (AvgIpc) is 2.47. The van der Waals surface area contributed by atoms with E-state index in [1.165, 1.54) is 11.3 Å². The molecule has 0 aliphatic rings. The minimum Gasteiger partial charge on any atom is -0.459 e. The van der Waals surface area contributed by atoms with E-state index < -0.39 is 5.60 Å². The van der Waals surface area contributed by atoms with Crippen LogP contribution in [0.2, 0.25) is 5.02 Å². The summed E-state index contributed by atoms with van der Waals surface area (Å²) in [5.74, 6) is -0.524. The third kappa shape index (κ3) is 3.50. The molecular weight excluding hydrogens is 232 g/mol. The van der Waals surface area contributed by atoms with Crippen LogP contribution in [0.15, 0.2) is 11.4 Å². The maximum Gasteiger partial charge on any atom is 0.314 e. The predicted molar refractivity (Wildman–Crippen MR) is 63.6 cm³/mol. The second-order valence-corrected chi connectivity index (χ2v) is 5.74. The smallest absolute Gasteiger partial charge is 0.314 e. The number of halogens is 1. The van der Waals surface area contributed by atoms with Crippen molar-refractivity contribution >= 4 is 28.9 Å². The van der Waals surface area contributed by atoms with Gasteiger partial charge in [-0.05, 0) is 39.1 Å². The average molecular weight is 247 g/mol. The first kappa shape index (κ1) is 12.5. The Morgan fingerprint density at radius 2 is 2.13 bits per heavy atom. The SMILES string of the molecule is CC(C(=O)OC(C)(C)C)c1sccc1Cl. The van der Waals surface area contributed by atoms with Crippen LogP contribution in [0, 0.1) is 0 Å². The molecule has 1 aromatic rings. The summed E-state index contributed by atoms with van der Waals surface area (Å²) in [6.07, 6.45) is 0. The summed E-state index contributed by atoms with van der Waals surface area (Å²) in [6, 6.07) is 1.79. The minimum absolute atomic E-state index is 0.230. The number of esters is 1. The van der Waals surface area contributed by atoms with E-state index in [0.717, 1.165) is 4.88 Å². The number of thiophene rings is 1. The summed E-state index contributed by atoms with van der Waals surface area (Å²) in [5.41, 5.74) is -0.449. The Hall–Kier alpha value is -0.540. The lowest BCUT2D eigenvalue weighted by atomic mass is 10.1. The zero-order valence-electron chi connectivity index (χ0n) is 9.33. The fourth-order valence-corrected chi connectivity index (χ4v) is 2.38. The molecule has 1 unspecified atom stereocenters. The molecule has 0 aliphatic carbocycles. The molecule has 1 heterocycles. The van der Waals surface area contributed by atoms with Crippen molar-refractivity contribution in [3.8, 4) is 0 Å². The summed E-state index contributed by atoms with van der Waals surface area (Å²) < 4.78 is 5.29. The molecule has 15 heavy (non-hydrogen) atoms. The van der Waals surface area contributed by atoms with E-state index in [9.17, 15) is 4.79 Å². The van der Waals surface area contributed by atoms with Crippen LogP contribution in [0.3, 0.4) is 0 Å². The zero-order valence-corrected chi connectivity index (χ0v) is 10.9. The normalized spacial score (nSPS) is 13.7. The Morgan fingerprint density at radius 3 is 2.53 bits per heavy atom. The van der Waals surface area contributed by atoms with Gasteiger partial charge in [0.1, 0.15) is 5.60 Å². The Kier molecular flexibility index (Phi) is 3.79. The highest BCUT2D eigenvalue weighted by Crippen LogP contribution is 2.31. The maximum absolute atomic E-state index is 11.7. The van der Waals surface area contributed by atoms with Gasteiger partial charge in [0.25, 0.3) is 0 Å². The van der Waals surface area contributed by atoms with Gasteiger partial charge in [0.2, 0.25) is 0 Å². The fraction of sp³-hybridized carbons (Fsp3) is 0.545. The van der Waals surface area contributed by atoms with Crippen LogP contribution in [0.5, 0.6) is 0 Å². The second-order valence-electron chi connectivity index (χ2n) is 4.39. The topological polar surface area (TPSA) is 26.3 Å². The molecule has 1 atom stereocenters. The molecule has 0 spiro atoms. The van der Waals surface area contributed by atoms with E-state index in [-0.39, 0.29) is 11.9 Å². The van der Waals surface area contributed by atoms with Gasteiger partial charge in [0.15, 0.2) is 0 Å². The van der Waals surface area contributed by atoms with Gasteiger partial charge in [0.05, 0.1) is 10.9 Å². The van der Waals surface area contributed by atoms with Crippen molar-refractivity contribution < 1.29 is 9.53 Å². The summed E-state index contributed by atoms with van der Waals surface area (Å²) in [7, 11) is 0. The van der Waals surface area contributed by atoms with Crippen molar-refractivity contribution in [3.05, 3.63) is 21.3 Å². The van der Waals surface area contributed by atoms with E-state index in [2.05, 4.69) is 0 Å². The van der Waals surface area contributed by atoms with Gasteiger partial charge in [-0.25, -0.2) is 0 Å². The molecule has 0 radical (unpaired) electrons. The summed E-state index contributed by atoms with van der Waals surface area (Å²) in [6.45, 7) is 7.38. The molecule has 0 saturated carbocycles. The van der Waals surface area contributed by atoms with Crippen molar-refractivity contribution in [1.29, 1.82) is 0 Å². The van der Waals surface area contributed by atoms with Gasteiger partial charge in [-0.2, -0.15) is 0 Å². The lowest BCUT2D eigenvalue weighted by molar-refractivity contribution is -0.156. The Labute approximate surface area is 99.2 Å². The Bertz CT molecular complexity index is 352. The standard InChI is InChI=1S/C11H15ClO2S/c1-7(9-8(12)5-6-15-9)10(13)14-11(2,3)4/h5-7H,1-4H3. The Balaban J connectivity index is 2.74. The first-order valence-corrected chi connectivity index (χ1v) is 6.03. The summed E-state index contributed by atoms with van der Waals surface area (Å²) in [4.78, 5) is 12.6. The van der Waals surface area contributed by atoms with E-state index in [1.807, 2.05) is 33.1 Å². The zero-order chi connectivity index (χ0) is 11.6. The number of hydrogen-bond donors (Lipinski definition) is 0. The monoisotopic (exact) mass is 246 g/mol. The third-order valence-corrected chi connectivity index (χ3v) is 3.34. The molecule has 0 aliphatic heterocycles. The number of carbonyl (C=O) groups is 1. The maximum atomic E-state index is 11.7. The van der Waals surface area contributed by atoms with Crippen molar-refractivity contribution in [2.45, 2.75) is 39.2 Å². The number of hydrogen-bond acceptors (Lipinski definition) is 3. The molecule has 0 amide bonds. The van der Waals surface area contributed by atoms with Crippen molar-refractivity contribution in [1.82, 2.24) is 0 Å². The van der Waals surface area contributed by atoms with Crippen LogP contribution in [0.4, 0.5) is 0 Å². The van der Waals surface area contributed by atoms with E-state index in [0.29, 0.717) is 5.02 Å².